The smallest absolute Gasteiger partial charge is 0.357 e. The molecule has 10 heteroatoms. The van der Waals surface area contributed by atoms with Gasteiger partial charge in [-0.2, -0.15) is 13.2 Å². The minimum Gasteiger partial charge on any atom is -0.357 e. The maximum atomic E-state index is 14.4. The Morgan fingerprint density at radius 2 is 1.79 bits per heavy atom. The van der Waals surface area contributed by atoms with E-state index in [2.05, 4.69) is 9.97 Å². The molecule has 0 unspecified atom stereocenters. The number of fused-ring (bicyclic) bond motifs is 1. The standard InChI is InChI=1S/C19H17F4N3O3/c1-3-26(2)18-11(20)8-9-7-10(16(19(21,22)23)24-17(9)25-18)15(29)14-12(27)5-4-6-13(14)28/h7-8,14H,3-6H2,1-2H3. The molecule has 0 saturated heterocycles. The van der Waals surface area contributed by atoms with Gasteiger partial charge in [0.15, 0.2) is 40.3 Å². The first-order chi connectivity index (χ1) is 13.5. The number of aromatic nitrogens is 2. The van der Waals surface area contributed by atoms with Crippen LogP contribution in [0.1, 0.15) is 42.2 Å². The van der Waals surface area contributed by atoms with Crippen LogP contribution >= 0.6 is 0 Å². The third kappa shape index (κ3) is 3.83. The average Bonchev–Trinajstić information content (AvgIpc) is 2.64. The number of carbonyl (C=O) groups excluding carboxylic acids is 3. The lowest BCUT2D eigenvalue weighted by atomic mass is 9.81. The van der Waals surface area contributed by atoms with E-state index in [4.69, 9.17) is 0 Å². The molecule has 6 nitrogen and oxygen atoms in total. The number of alkyl halides is 3. The fourth-order valence-corrected chi connectivity index (χ4v) is 3.24. The molecule has 0 spiro atoms. The molecule has 154 valence electrons. The first kappa shape index (κ1) is 20.8. The highest BCUT2D eigenvalue weighted by molar-refractivity contribution is 6.25. The van der Waals surface area contributed by atoms with Crippen molar-refractivity contribution in [2.45, 2.75) is 32.4 Å². The second-order valence-corrected chi connectivity index (χ2v) is 6.82. The van der Waals surface area contributed by atoms with Crippen LogP contribution in [0.2, 0.25) is 0 Å². The molecule has 0 radical (unpaired) electrons. The predicted molar refractivity (Wildman–Crippen MR) is 95.1 cm³/mol. The van der Waals surface area contributed by atoms with Crippen molar-refractivity contribution in [3.8, 4) is 0 Å². The van der Waals surface area contributed by atoms with E-state index < -0.39 is 52.2 Å². The van der Waals surface area contributed by atoms with Crippen LogP contribution in [0.5, 0.6) is 0 Å². The first-order valence-electron chi connectivity index (χ1n) is 8.93. The number of halogens is 4. The largest absolute Gasteiger partial charge is 0.434 e. The van der Waals surface area contributed by atoms with Gasteiger partial charge in [-0.05, 0) is 25.5 Å². The van der Waals surface area contributed by atoms with Gasteiger partial charge in [-0.1, -0.05) is 0 Å². The number of carbonyl (C=O) groups is 3. The highest BCUT2D eigenvalue weighted by Crippen LogP contribution is 2.35. The number of hydrogen-bond acceptors (Lipinski definition) is 6. The maximum absolute atomic E-state index is 14.4. The molecule has 2 aromatic rings. The van der Waals surface area contributed by atoms with Crippen molar-refractivity contribution in [3.63, 3.8) is 0 Å². The Bertz CT molecular complexity index is 1000. The van der Waals surface area contributed by atoms with Gasteiger partial charge in [-0.3, -0.25) is 14.4 Å². The van der Waals surface area contributed by atoms with Crippen molar-refractivity contribution in [3.05, 3.63) is 29.2 Å². The van der Waals surface area contributed by atoms with Gasteiger partial charge in [-0.25, -0.2) is 14.4 Å². The van der Waals surface area contributed by atoms with Crippen molar-refractivity contribution in [2.75, 3.05) is 18.5 Å². The molecular formula is C19H17F4N3O3. The fraction of sp³-hybridized carbons (Fsp3) is 0.421. The predicted octanol–water partition coefficient (Wildman–Crippen LogP) is 3.36. The van der Waals surface area contributed by atoms with Gasteiger partial charge in [-0.15, -0.1) is 0 Å². The third-order valence-electron chi connectivity index (χ3n) is 4.86. The summed E-state index contributed by atoms with van der Waals surface area (Å²) < 4.78 is 55.2. The quantitative estimate of drug-likeness (QED) is 0.436. The molecule has 0 aliphatic heterocycles. The number of anilines is 1. The summed E-state index contributed by atoms with van der Waals surface area (Å²) in [6.45, 7) is 2.06. The van der Waals surface area contributed by atoms with Crippen LogP contribution in [0, 0.1) is 11.7 Å². The fourth-order valence-electron chi connectivity index (χ4n) is 3.24. The lowest BCUT2D eigenvalue weighted by molar-refractivity contribution is -0.142. The summed E-state index contributed by atoms with van der Waals surface area (Å²) >= 11 is 0. The molecule has 1 saturated carbocycles. The zero-order valence-electron chi connectivity index (χ0n) is 15.6. The number of ketones is 3. The molecule has 0 bridgehead atoms. The number of rotatable bonds is 4. The van der Waals surface area contributed by atoms with E-state index >= 15 is 0 Å². The summed E-state index contributed by atoms with van der Waals surface area (Å²) in [5.74, 6) is -5.47. The van der Waals surface area contributed by atoms with Crippen molar-refractivity contribution < 1.29 is 31.9 Å². The van der Waals surface area contributed by atoms with Crippen molar-refractivity contribution in [2.24, 2.45) is 5.92 Å². The summed E-state index contributed by atoms with van der Waals surface area (Å²) in [5.41, 5.74) is -2.88. The van der Waals surface area contributed by atoms with Crippen LogP contribution in [0.3, 0.4) is 0 Å². The minimum atomic E-state index is -5.03. The molecule has 1 aliphatic carbocycles. The first-order valence-corrected chi connectivity index (χ1v) is 8.93. The monoisotopic (exact) mass is 411 g/mol. The molecule has 0 aromatic carbocycles. The number of nitrogens with zero attached hydrogens (tertiary/aromatic N) is 3. The summed E-state index contributed by atoms with van der Waals surface area (Å²) in [5, 5.41) is -0.136. The van der Waals surface area contributed by atoms with Crippen LogP contribution in [0.4, 0.5) is 23.4 Å². The second kappa shape index (κ2) is 7.49. The second-order valence-electron chi connectivity index (χ2n) is 6.82. The van der Waals surface area contributed by atoms with E-state index in [0.717, 1.165) is 12.1 Å². The van der Waals surface area contributed by atoms with Crippen LogP contribution in [0.25, 0.3) is 11.0 Å². The Morgan fingerprint density at radius 3 is 2.34 bits per heavy atom. The average molecular weight is 411 g/mol. The number of hydrogen-bond donors (Lipinski definition) is 0. The Morgan fingerprint density at radius 1 is 1.17 bits per heavy atom. The van der Waals surface area contributed by atoms with Crippen LogP contribution in [-0.2, 0) is 15.8 Å². The van der Waals surface area contributed by atoms with Gasteiger partial charge in [0, 0.05) is 31.8 Å². The highest BCUT2D eigenvalue weighted by Gasteiger charge is 2.43. The van der Waals surface area contributed by atoms with Gasteiger partial charge in [0.2, 0.25) is 0 Å². The van der Waals surface area contributed by atoms with Gasteiger partial charge in [0.05, 0.1) is 5.56 Å². The normalized spacial score (nSPS) is 15.8. The van der Waals surface area contributed by atoms with Crippen molar-refractivity contribution in [1.82, 2.24) is 9.97 Å². The zero-order chi connectivity index (χ0) is 21.5. The molecule has 29 heavy (non-hydrogen) atoms. The summed E-state index contributed by atoms with van der Waals surface area (Å²) in [6, 6.07) is 1.73. The number of Topliss-reactive ketones (excluding diaryl/α,β-unsaturated/α-hetero) is 3. The lowest BCUT2D eigenvalue weighted by Crippen LogP contribution is -2.36. The van der Waals surface area contributed by atoms with E-state index in [-0.39, 0.29) is 30.5 Å². The van der Waals surface area contributed by atoms with Crippen LogP contribution in [-0.4, -0.2) is 40.9 Å². The van der Waals surface area contributed by atoms with E-state index in [1.807, 2.05) is 0 Å². The molecule has 0 amide bonds. The van der Waals surface area contributed by atoms with Gasteiger partial charge in [0.1, 0.15) is 5.92 Å². The Labute approximate surface area is 162 Å². The molecule has 0 atom stereocenters. The maximum Gasteiger partial charge on any atom is 0.434 e. The third-order valence-corrected chi connectivity index (χ3v) is 4.86. The van der Waals surface area contributed by atoms with Crippen molar-refractivity contribution >= 4 is 34.2 Å². The Kier molecular flexibility index (Phi) is 5.38. The van der Waals surface area contributed by atoms with Gasteiger partial charge < -0.3 is 4.90 Å². The van der Waals surface area contributed by atoms with Gasteiger partial charge >= 0.3 is 6.18 Å². The lowest BCUT2D eigenvalue weighted by Gasteiger charge is -2.21. The molecule has 1 fully saturated rings. The van der Waals surface area contributed by atoms with Crippen molar-refractivity contribution in [1.29, 1.82) is 0 Å². The van der Waals surface area contributed by atoms with E-state index in [1.54, 1.807) is 6.92 Å². The minimum absolute atomic E-state index is 0.0621. The molecular weight excluding hydrogens is 394 g/mol. The summed E-state index contributed by atoms with van der Waals surface area (Å²) in [4.78, 5) is 45.5. The number of pyridine rings is 2. The highest BCUT2D eigenvalue weighted by atomic mass is 19.4. The zero-order valence-corrected chi connectivity index (χ0v) is 15.6. The summed E-state index contributed by atoms with van der Waals surface area (Å²) in [6.07, 6.45) is -4.90. The molecule has 1 aliphatic rings. The Balaban J connectivity index is 2.21. The Hall–Kier alpha value is -2.91. The molecule has 3 rings (SSSR count). The van der Waals surface area contributed by atoms with Crippen LogP contribution in [0.15, 0.2) is 12.1 Å². The van der Waals surface area contributed by atoms with E-state index in [9.17, 15) is 31.9 Å². The van der Waals surface area contributed by atoms with E-state index in [1.165, 1.54) is 11.9 Å². The molecule has 2 heterocycles. The van der Waals surface area contributed by atoms with Crippen LogP contribution < -0.4 is 4.90 Å². The SMILES string of the molecule is CCN(C)c1nc2nc(C(F)(F)F)c(C(=O)C3C(=O)CCCC3=O)cc2cc1F. The molecule has 0 N–H and O–H groups in total. The molecule has 2 aromatic heterocycles. The van der Waals surface area contributed by atoms with E-state index in [0.29, 0.717) is 6.54 Å². The van der Waals surface area contributed by atoms with Gasteiger partial charge in [0.25, 0.3) is 0 Å². The topological polar surface area (TPSA) is 80.2 Å². The summed E-state index contributed by atoms with van der Waals surface area (Å²) in [7, 11) is 1.51.